The Morgan fingerprint density at radius 2 is 2.13 bits per heavy atom. The lowest BCUT2D eigenvalue weighted by Crippen LogP contribution is -2.49. The van der Waals surface area contributed by atoms with Gasteiger partial charge in [-0.25, -0.2) is 0 Å². The summed E-state index contributed by atoms with van der Waals surface area (Å²) in [6, 6.07) is 0. The van der Waals surface area contributed by atoms with E-state index in [1.807, 2.05) is 6.08 Å². The third-order valence-electron chi connectivity index (χ3n) is 7.66. The molecule has 0 aliphatic heterocycles. The fourth-order valence-corrected chi connectivity index (χ4v) is 6.68. The van der Waals surface area contributed by atoms with Crippen molar-refractivity contribution in [1.29, 1.82) is 0 Å². The number of carbonyl (C=O) groups excluding carboxylic acids is 1. The van der Waals surface area contributed by atoms with E-state index < -0.39 is 5.60 Å². The molecule has 3 fully saturated rings. The number of aliphatic hydroxyl groups is 1. The van der Waals surface area contributed by atoms with Gasteiger partial charge in [-0.15, -0.1) is 6.42 Å². The number of ketones is 1. The number of hydrogen-bond donors (Lipinski definition) is 1. The Labute approximate surface area is 139 Å². The zero-order chi connectivity index (χ0) is 16.2. The van der Waals surface area contributed by atoms with E-state index in [0.717, 1.165) is 44.4 Å². The van der Waals surface area contributed by atoms with Gasteiger partial charge < -0.3 is 5.11 Å². The Bertz CT molecular complexity index is 583. The molecule has 0 amide bonds. The summed E-state index contributed by atoms with van der Waals surface area (Å²) in [5, 5.41) is 10.9. The smallest absolute Gasteiger partial charge is 0.155 e. The van der Waals surface area contributed by atoms with Crippen molar-refractivity contribution in [2.24, 2.45) is 35.5 Å². The minimum atomic E-state index is -0.859. The highest BCUT2D eigenvalue weighted by atomic mass is 16.3. The lowest BCUT2D eigenvalue weighted by atomic mass is 9.51. The van der Waals surface area contributed by atoms with E-state index in [1.54, 1.807) is 0 Å². The van der Waals surface area contributed by atoms with E-state index in [4.69, 9.17) is 6.42 Å². The Kier molecular flexibility index (Phi) is 3.69. The highest BCUT2D eigenvalue weighted by molar-refractivity contribution is 5.91. The molecule has 3 saturated carbocycles. The zero-order valence-electron chi connectivity index (χ0n) is 14.1. The molecule has 0 radical (unpaired) electrons. The van der Waals surface area contributed by atoms with Gasteiger partial charge in [-0.1, -0.05) is 24.8 Å². The van der Waals surface area contributed by atoms with Gasteiger partial charge in [0.25, 0.3) is 0 Å². The van der Waals surface area contributed by atoms with Crippen LogP contribution in [0.25, 0.3) is 0 Å². The van der Waals surface area contributed by atoms with Gasteiger partial charge in [0.05, 0.1) is 0 Å². The summed E-state index contributed by atoms with van der Waals surface area (Å²) in [7, 11) is 0. The topological polar surface area (TPSA) is 37.3 Å². The fourth-order valence-electron chi connectivity index (χ4n) is 6.68. The first-order valence-corrected chi connectivity index (χ1v) is 9.51. The summed E-state index contributed by atoms with van der Waals surface area (Å²) < 4.78 is 0. The first-order valence-electron chi connectivity index (χ1n) is 9.51. The third-order valence-corrected chi connectivity index (χ3v) is 7.66. The minimum absolute atomic E-state index is 0.300. The van der Waals surface area contributed by atoms with Crippen LogP contribution in [-0.2, 0) is 4.79 Å². The molecule has 0 heterocycles. The quantitative estimate of drug-likeness (QED) is 0.749. The van der Waals surface area contributed by atoms with Crippen molar-refractivity contribution in [2.75, 3.05) is 0 Å². The molecule has 4 rings (SSSR count). The van der Waals surface area contributed by atoms with Gasteiger partial charge in [0.15, 0.2) is 5.78 Å². The third kappa shape index (κ3) is 2.23. The molecule has 0 unspecified atom stereocenters. The van der Waals surface area contributed by atoms with E-state index in [1.165, 1.54) is 18.4 Å². The van der Waals surface area contributed by atoms with Crippen molar-refractivity contribution >= 4 is 5.78 Å². The second-order valence-corrected chi connectivity index (χ2v) is 8.39. The molecule has 4 aliphatic carbocycles. The first kappa shape index (κ1) is 15.5. The summed E-state index contributed by atoms with van der Waals surface area (Å²) in [6.45, 7) is 2.29. The lowest BCUT2D eigenvalue weighted by Gasteiger charge is -2.53. The van der Waals surface area contributed by atoms with Crippen LogP contribution in [0.2, 0.25) is 0 Å². The van der Waals surface area contributed by atoms with Crippen LogP contribution in [-0.4, -0.2) is 16.5 Å². The zero-order valence-corrected chi connectivity index (χ0v) is 14.1. The van der Waals surface area contributed by atoms with E-state index >= 15 is 0 Å². The molecule has 0 spiro atoms. The predicted molar refractivity (Wildman–Crippen MR) is 90.4 cm³/mol. The summed E-state index contributed by atoms with van der Waals surface area (Å²) in [5.41, 5.74) is 0.575. The summed E-state index contributed by atoms with van der Waals surface area (Å²) in [4.78, 5) is 11.8. The molecule has 124 valence electrons. The molecular formula is C21H28O2. The molecule has 0 bridgehead atoms. The molecule has 4 aliphatic rings. The second-order valence-electron chi connectivity index (χ2n) is 8.39. The van der Waals surface area contributed by atoms with Crippen molar-refractivity contribution in [1.82, 2.24) is 0 Å². The van der Waals surface area contributed by atoms with Crippen molar-refractivity contribution in [3.8, 4) is 12.3 Å². The van der Waals surface area contributed by atoms with E-state index in [2.05, 4.69) is 12.8 Å². The molecule has 0 saturated heterocycles. The van der Waals surface area contributed by atoms with Crippen molar-refractivity contribution in [2.45, 2.75) is 63.9 Å². The molecule has 0 aromatic carbocycles. The summed E-state index contributed by atoms with van der Waals surface area (Å²) in [5.74, 6) is 6.67. The number of fused-ring (bicyclic) bond motifs is 5. The largest absolute Gasteiger partial charge is 0.377 e. The van der Waals surface area contributed by atoms with Crippen LogP contribution in [0.3, 0.4) is 0 Å². The van der Waals surface area contributed by atoms with Gasteiger partial charge in [-0.05, 0) is 74.2 Å². The fraction of sp³-hybridized carbons (Fsp3) is 0.762. The molecule has 2 nitrogen and oxygen atoms in total. The maximum Gasteiger partial charge on any atom is 0.155 e. The highest BCUT2D eigenvalue weighted by Crippen LogP contribution is 2.61. The molecule has 7 atom stereocenters. The SMILES string of the molecule is C#C[C@]1(O)CC[C@H]2[C@@H]3CCC4=CC(=O)CC[C@@H]4[C@H]3[C@@H](CC)C[C@@H]21. The van der Waals surface area contributed by atoms with Gasteiger partial charge in [0.1, 0.15) is 5.60 Å². The molecule has 0 aromatic rings. The van der Waals surface area contributed by atoms with Crippen LogP contribution >= 0.6 is 0 Å². The number of rotatable bonds is 1. The van der Waals surface area contributed by atoms with Crippen LogP contribution in [0.1, 0.15) is 58.3 Å². The van der Waals surface area contributed by atoms with Crippen LogP contribution in [0, 0.1) is 47.9 Å². The average molecular weight is 312 g/mol. The molecule has 1 N–H and O–H groups in total. The monoisotopic (exact) mass is 312 g/mol. The Hall–Kier alpha value is -1.07. The van der Waals surface area contributed by atoms with Gasteiger partial charge in [-0.3, -0.25) is 4.79 Å². The summed E-state index contributed by atoms with van der Waals surface area (Å²) in [6.07, 6.45) is 15.9. The maximum absolute atomic E-state index is 11.8. The molecular weight excluding hydrogens is 284 g/mol. The number of hydrogen-bond acceptors (Lipinski definition) is 2. The van der Waals surface area contributed by atoms with E-state index in [-0.39, 0.29) is 0 Å². The van der Waals surface area contributed by atoms with Crippen LogP contribution in [0.4, 0.5) is 0 Å². The van der Waals surface area contributed by atoms with Crippen molar-refractivity contribution in [3.63, 3.8) is 0 Å². The molecule has 2 heteroatoms. The number of allylic oxidation sites excluding steroid dienone is 1. The van der Waals surface area contributed by atoms with Crippen molar-refractivity contribution in [3.05, 3.63) is 11.6 Å². The lowest BCUT2D eigenvalue weighted by molar-refractivity contribution is -0.116. The van der Waals surface area contributed by atoms with Gasteiger partial charge in [0.2, 0.25) is 0 Å². The van der Waals surface area contributed by atoms with E-state index in [9.17, 15) is 9.90 Å². The minimum Gasteiger partial charge on any atom is -0.377 e. The standard InChI is InChI=1S/C21H28O2/c1-3-13-12-19-17(9-10-21(19,23)4-2)18-7-5-14-11-15(22)6-8-16(14)20(13)18/h2,11,13,16-20,23H,3,5-10,12H2,1H3/t13-,16-,17-,18-,19-,20+,21-/m0/s1. The summed E-state index contributed by atoms with van der Waals surface area (Å²) >= 11 is 0. The maximum atomic E-state index is 11.8. The van der Waals surface area contributed by atoms with Crippen LogP contribution in [0.5, 0.6) is 0 Å². The number of carbonyl (C=O) groups is 1. The number of terminal acetylenes is 1. The second kappa shape index (κ2) is 5.49. The van der Waals surface area contributed by atoms with Crippen LogP contribution in [0.15, 0.2) is 11.6 Å². The average Bonchev–Trinajstić information content (AvgIpc) is 2.91. The highest BCUT2D eigenvalue weighted by Gasteiger charge is 2.57. The molecule has 23 heavy (non-hydrogen) atoms. The van der Waals surface area contributed by atoms with Gasteiger partial charge in [-0.2, -0.15) is 0 Å². The first-order chi connectivity index (χ1) is 11.1. The predicted octanol–water partition coefficient (Wildman–Crippen LogP) is 3.74. The van der Waals surface area contributed by atoms with Crippen LogP contribution < -0.4 is 0 Å². The molecule has 0 aromatic heterocycles. The van der Waals surface area contributed by atoms with Gasteiger partial charge in [0, 0.05) is 12.3 Å². The Balaban J connectivity index is 1.68. The Morgan fingerprint density at radius 3 is 2.87 bits per heavy atom. The normalized spacial score (nSPS) is 48.7. The van der Waals surface area contributed by atoms with Gasteiger partial charge >= 0.3 is 0 Å². The Morgan fingerprint density at radius 1 is 1.30 bits per heavy atom. The van der Waals surface area contributed by atoms with E-state index in [0.29, 0.717) is 35.4 Å². The van der Waals surface area contributed by atoms with Crippen molar-refractivity contribution < 1.29 is 9.90 Å².